The van der Waals surface area contributed by atoms with Gasteiger partial charge in [-0.15, -0.1) is 0 Å². The topological polar surface area (TPSA) is 66.2 Å². The van der Waals surface area contributed by atoms with E-state index in [2.05, 4.69) is 21.1 Å². The highest BCUT2D eigenvalue weighted by atomic mass is 79.9. The second-order valence-corrected chi connectivity index (χ2v) is 9.01. The molecular weight excluding hydrogens is 426 g/mol. The molecule has 1 fully saturated rings. The minimum absolute atomic E-state index is 0.0791. The number of halogens is 1. The van der Waals surface area contributed by atoms with Gasteiger partial charge in [0.1, 0.15) is 6.26 Å². The lowest BCUT2D eigenvalue weighted by Crippen LogP contribution is -2.09. The van der Waals surface area contributed by atoms with Gasteiger partial charge < -0.3 is 9.08 Å². The summed E-state index contributed by atoms with van der Waals surface area (Å²) < 4.78 is 18.2. The first-order chi connectivity index (χ1) is 13.0. The van der Waals surface area contributed by atoms with E-state index in [1.165, 1.54) is 6.20 Å². The molecule has 1 saturated carbocycles. The maximum Gasteiger partial charge on any atom is 0.198 e. The van der Waals surface area contributed by atoms with Gasteiger partial charge in [-0.1, -0.05) is 45.4 Å². The van der Waals surface area contributed by atoms with Crippen LogP contribution in [0.3, 0.4) is 0 Å². The highest BCUT2D eigenvalue weighted by Gasteiger charge is 2.33. The van der Waals surface area contributed by atoms with Crippen LogP contribution in [-0.4, -0.2) is 21.7 Å². The molecule has 4 nitrogen and oxygen atoms in total. The van der Waals surface area contributed by atoms with Crippen LogP contribution >= 0.6 is 15.9 Å². The molecule has 0 N–H and O–H groups in total. The van der Waals surface area contributed by atoms with Gasteiger partial charge in [-0.3, -0.25) is 4.79 Å². The van der Waals surface area contributed by atoms with Crippen LogP contribution in [0.4, 0.5) is 0 Å². The third-order valence-electron chi connectivity index (χ3n) is 4.77. The second-order valence-electron chi connectivity index (χ2n) is 6.75. The molecular formula is C21H18BrNO3S. The van der Waals surface area contributed by atoms with Crippen LogP contribution < -0.4 is 0 Å². The van der Waals surface area contributed by atoms with E-state index in [4.69, 9.17) is 4.52 Å². The second kappa shape index (κ2) is 7.62. The molecule has 6 heteroatoms. The summed E-state index contributed by atoms with van der Waals surface area (Å²) >= 11 is 2.38. The normalized spacial score (nSPS) is 14.9. The Kier molecular flexibility index (Phi) is 5.21. The minimum Gasteiger partial charge on any atom is -0.612 e. The van der Waals surface area contributed by atoms with Gasteiger partial charge in [-0.05, 0) is 47.8 Å². The Balaban J connectivity index is 1.73. The average Bonchev–Trinajstić information content (AvgIpc) is 3.39. The van der Waals surface area contributed by atoms with Crippen molar-refractivity contribution in [1.82, 2.24) is 5.16 Å². The van der Waals surface area contributed by atoms with E-state index < -0.39 is 11.2 Å². The van der Waals surface area contributed by atoms with Crippen molar-refractivity contribution in [3.63, 3.8) is 0 Å². The van der Waals surface area contributed by atoms with Gasteiger partial charge in [0, 0.05) is 27.9 Å². The fourth-order valence-electron chi connectivity index (χ4n) is 3.25. The molecule has 3 aromatic rings. The Labute approximate surface area is 169 Å². The number of rotatable bonds is 6. The van der Waals surface area contributed by atoms with Crippen molar-refractivity contribution in [2.24, 2.45) is 0 Å². The van der Waals surface area contributed by atoms with Crippen LogP contribution in [0.1, 0.15) is 51.6 Å². The zero-order valence-electron chi connectivity index (χ0n) is 14.8. The monoisotopic (exact) mass is 443 g/mol. The number of nitrogens with zero attached hydrogens (tertiary/aromatic N) is 1. The van der Waals surface area contributed by atoms with Crippen molar-refractivity contribution in [3.8, 4) is 0 Å². The molecule has 0 amide bonds. The molecule has 0 spiro atoms. The first-order valence-corrected chi connectivity index (χ1v) is 11.1. The highest BCUT2D eigenvalue weighted by molar-refractivity contribution is 9.10. The number of hydrogen-bond acceptors (Lipinski definition) is 4. The van der Waals surface area contributed by atoms with E-state index >= 15 is 0 Å². The summed E-state index contributed by atoms with van der Waals surface area (Å²) in [6.45, 7) is 0. The molecule has 1 aliphatic carbocycles. The molecule has 1 atom stereocenters. The lowest BCUT2D eigenvalue weighted by molar-refractivity contribution is 0.103. The molecule has 1 heterocycles. The van der Waals surface area contributed by atoms with Crippen molar-refractivity contribution in [1.29, 1.82) is 0 Å². The molecule has 4 rings (SSSR count). The third kappa shape index (κ3) is 3.88. The predicted octanol–water partition coefficient (Wildman–Crippen LogP) is 4.87. The van der Waals surface area contributed by atoms with Crippen LogP contribution in [0, 0.1) is 0 Å². The van der Waals surface area contributed by atoms with Gasteiger partial charge in [0.25, 0.3) is 0 Å². The van der Waals surface area contributed by atoms with E-state index in [9.17, 15) is 9.35 Å². The molecule has 2 aromatic carbocycles. The van der Waals surface area contributed by atoms with Gasteiger partial charge >= 0.3 is 0 Å². The fraction of sp³-hybridized carbons (Fsp3) is 0.238. The van der Waals surface area contributed by atoms with Crippen LogP contribution in [0.2, 0.25) is 0 Å². The molecule has 1 aromatic heterocycles. The van der Waals surface area contributed by atoms with Gasteiger partial charge in [0.2, 0.25) is 0 Å². The van der Waals surface area contributed by atoms with Crippen molar-refractivity contribution >= 4 is 32.9 Å². The lowest BCUT2D eigenvalue weighted by Gasteiger charge is -2.13. The number of carbonyl (C=O) groups excluding carboxylic acids is 1. The summed E-state index contributed by atoms with van der Waals surface area (Å²) in [5.74, 6) is 0.927. The van der Waals surface area contributed by atoms with E-state index in [1.54, 1.807) is 6.26 Å². The van der Waals surface area contributed by atoms with E-state index in [1.807, 2.05) is 42.5 Å². The Bertz CT molecular complexity index is 995. The molecule has 27 heavy (non-hydrogen) atoms. The van der Waals surface area contributed by atoms with Gasteiger partial charge in [-0.25, -0.2) is 0 Å². The SMILES string of the molecule is C[S+]([O-])c1ccccc1Cc1ccc(Br)cc1C(=O)c1cnoc1C1CC1. The maximum absolute atomic E-state index is 13.3. The average molecular weight is 444 g/mol. The van der Waals surface area contributed by atoms with E-state index in [0.717, 1.165) is 33.3 Å². The first-order valence-electron chi connectivity index (χ1n) is 8.73. The Morgan fingerprint density at radius 1 is 1.22 bits per heavy atom. The Hall–Kier alpha value is -1.89. The summed E-state index contributed by atoms with van der Waals surface area (Å²) in [7, 11) is 0. The number of hydrogen-bond donors (Lipinski definition) is 0. The number of ketones is 1. The van der Waals surface area contributed by atoms with Crippen molar-refractivity contribution in [2.75, 3.05) is 6.26 Å². The largest absolute Gasteiger partial charge is 0.612 e. The highest BCUT2D eigenvalue weighted by Crippen LogP contribution is 2.42. The van der Waals surface area contributed by atoms with E-state index in [0.29, 0.717) is 29.2 Å². The van der Waals surface area contributed by atoms with Crippen LogP contribution in [0.15, 0.2) is 62.6 Å². The van der Waals surface area contributed by atoms with Gasteiger partial charge in [0.15, 0.2) is 16.4 Å². The zero-order valence-corrected chi connectivity index (χ0v) is 17.2. The molecule has 0 bridgehead atoms. The van der Waals surface area contributed by atoms with Crippen molar-refractivity contribution in [3.05, 3.63) is 81.1 Å². The van der Waals surface area contributed by atoms with Gasteiger partial charge in [0.05, 0.1) is 11.8 Å². The third-order valence-corrected chi connectivity index (χ3v) is 6.28. The maximum atomic E-state index is 13.3. The lowest BCUT2D eigenvalue weighted by atomic mass is 9.94. The molecule has 1 aliphatic rings. The van der Waals surface area contributed by atoms with E-state index in [-0.39, 0.29) is 5.78 Å². The molecule has 1 unspecified atom stereocenters. The minimum atomic E-state index is -1.09. The molecule has 0 aliphatic heterocycles. The molecule has 138 valence electrons. The number of aromatic nitrogens is 1. The summed E-state index contributed by atoms with van der Waals surface area (Å²) in [5.41, 5.74) is 3.02. The number of carbonyl (C=O) groups is 1. The smallest absolute Gasteiger partial charge is 0.198 e. The molecule has 0 radical (unpaired) electrons. The Morgan fingerprint density at radius 2 is 2.00 bits per heavy atom. The van der Waals surface area contributed by atoms with Crippen LogP contribution in [0.25, 0.3) is 0 Å². The predicted molar refractivity (Wildman–Crippen MR) is 108 cm³/mol. The van der Waals surface area contributed by atoms with Crippen LogP contribution in [-0.2, 0) is 17.6 Å². The number of benzene rings is 2. The van der Waals surface area contributed by atoms with Crippen molar-refractivity contribution in [2.45, 2.75) is 30.1 Å². The zero-order chi connectivity index (χ0) is 19.0. The standard InChI is InChI=1S/C21H18BrNO3S/c1-27(25)19-5-3-2-4-15(19)10-14-8-9-16(22)11-17(14)20(24)18-12-23-26-21(18)13-6-7-13/h2-5,8-9,11-13H,6-7,10H2,1H3. The first kappa shape index (κ1) is 18.5. The molecule has 0 saturated heterocycles. The quantitative estimate of drug-likeness (QED) is 0.402. The van der Waals surface area contributed by atoms with Crippen molar-refractivity contribution < 1.29 is 13.9 Å². The summed E-state index contributed by atoms with van der Waals surface area (Å²) in [6.07, 6.45) is 5.81. The fourth-order valence-corrected chi connectivity index (χ4v) is 4.39. The summed E-state index contributed by atoms with van der Waals surface area (Å²) in [5, 5.41) is 3.86. The van der Waals surface area contributed by atoms with Gasteiger partial charge in [-0.2, -0.15) is 0 Å². The van der Waals surface area contributed by atoms with Crippen LogP contribution in [0.5, 0.6) is 0 Å². The summed E-state index contributed by atoms with van der Waals surface area (Å²) in [6, 6.07) is 13.3. The summed E-state index contributed by atoms with van der Waals surface area (Å²) in [4.78, 5) is 14.1. The Morgan fingerprint density at radius 3 is 2.74 bits per heavy atom.